The minimum atomic E-state index is -1.08. The molecule has 0 bridgehead atoms. The Balaban J connectivity index is 1.36. The smallest absolute Gasteiger partial charge is 0.325 e. The van der Waals surface area contributed by atoms with E-state index >= 15 is 0 Å². The first-order chi connectivity index (χ1) is 15.4. The quantitative estimate of drug-likeness (QED) is 0.642. The molecule has 0 aromatic heterocycles. The molecule has 1 atom stereocenters. The van der Waals surface area contributed by atoms with Gasteiger partial charge in [-0.25, -0.2) is 4.79 Å². The molecule has 168 valence electrons. The van der Waals surface area contributed by atoms with Crippen molar-refractivity contribution < 1.29 is 28.6 Å². The Morgan fingerprint density at radius 2 is 1.84 bits per heavy atom. The first kappa shape index (κ1) is 21.5. The van der Waals surface area contributed by atoms with Crippen LogP contribution in [0.2, 0.25) is 0 Å². The lowest BCUT2D eigenvalue weighted by Crippen LogP contribution is -2.45. The summed E-state index contributed by atoms with van der Waals surface area (Å²) in [6.45, 7) is 2.21. The van der Waals surface area contributed by atoms with Gasteiger partial charge in [-0.1, -0.05) is 12.1 Å². The summed E-state index contributed by atoms with van der Waals surface area (Å²) in [4.78, 5) is 38.8. The van der Waals surface area contributed by atoms with E-state index in [0.29, 0.717) is 43.2 Å². The maximum Gasteiger partial charge on any atom is 0.325 e. The lowest BCUT2D eigenvalue weighted by Gasteiger charge is -2.22. The van der Waals surface area contributed by atoms with Crippen LogP contribution in [0.5, 0.6) is 17.2 Å². The molecular weight excluding hydrogens is 414 g/mol. The highest BCUT2D eigenvalue weighted by molar-refractivity contribution is 6.09. The van der Waals surface area contributed by atoms with Crippen molar-refractivity contribution >= 4 is 23.5 Å². The van der Waals surface area contributed by atoms with Crippen LogP contribution in [0.3, 0.4) is 0 Å². The highest BCUT2D eigenvalue weighted by Gasteiger charge is 2.47. The Hall–Kier alpha value is -3.75. The van der Waals surface area contributed by atoms with Gasteiger partial charge in [-0.3, -0.25) is 14.5 Å². The topological polar surface area (TPSA) is 106 Å². The van der Waals surface area contributed by atoms with Gasteiger partial charge in [0.1, 0.15) is 31.0 Å². The summed E-state index contributed by atoms with van der Waals surface area (Å²) in [6.07, 6.45) is 0.994. The van der Waals surface area contributed by atoms with Crippen LogP contribution in [-0.4, -0.2) is 55.2 Å². The molecule has 32 heavy (non-hydrogen) atoms. The first-order valence-electron chi connectivity index (χ1n) is 10.3. The fourth-order valence-electron chi connectivity index (χ4n) is 3.71. The van der Waals surface area contributed by atoms with Crippen LogP contribution in [0.15, 0.2) is 42.5 Å². The maximum atomic E-state index is 12.9. The van der Waals surface area contributed by atoms with E-state index in [0.717, 1.165) is 16.2 Å². The number of carbonyl (C=O) groups is 3. The van der Waals surface area contributed by atoms with Gasteiger partial charge in [0.15, 0.2) is 11.5 Å². The molecule has 2 aromatic rings. The number of nitrogens with zero attached hydrogens (tertiary/aromatic N) is 1. The molecule has 2 heterocycles. The number of methoxy groups -OCH3 is 1. The number of urea groups is 1. The number of carbonyl (C=O) groups excluding carboxylic acids is 3. The van der Waals surface area contributed by atoms with E-state index in [1.807, 2.05) is 24.3 Å². The van der Waals surface area contributed by atoms with Crippen LogP contribution in [-0.2, 0) is 16.0 Å². The number of rotatable bonds is 7. The number of amides is 4. The number of fused-ring (bicyclic) bond motifs is 1. The third-order valence-electron chi connectivity index (χ3n) is 5.55. The molecule has 2 aliphatic rings. The summed E-state index contributed by atoms with van der Waals surface area (Å²) < 4.78 is 16.1. The van der Waals surface area contributed by atoms with E-state index in [9.17, 15) is 14.4 Å². The predicted molar refractivity (Wildman–Crippen MR) is 116 cm³/mol. The lowest BCUT2D eigenvalue weighted by molar-refractivity contribution is -0.133. The Morgan fingerprint density at radius 1 is 1.12 bits per heavy atom. The number of hydrogen-bond acceptors (Lipinski definition) is 6. The number of aryl methyl sites for hydroxylation is 1. The Labute approximate surface area is 185 Å². The minimum absolute atomic E-state index is 0.378. The predicted octanol–water partition coefficient (Wildman–Crippen LogP) is 2.35. The zero-order chi connectivity index (χ0) is 22.7. The maximum absolute atomic E-state index is 12.9. The molecule has 1 unspecified atom stereocenters. The van der Waals surface area contributed by atoms with Gasteiger partial charge in [-0.15, -0.1) is 0 Å². The van der Waals surface area contributed by atoms with Crippen LogP contribution in [0, 0.1) is 0 Å². The van der Waals surface area contributed by atoms with Gasteiger partial charge in [-0.05, 0) is 49.6 Å². The summed E-state index contributed by atoms with van der Waals surface area (Å²) in [7, 11) is 1.60. The first-order valence-corrected chi connectivity index (χ1v) is 10.3. The molecule has 0 aliphatic carbocycles. The summed E-state index contributed by atoms with van der Waals surface area (Å²) in [6, 6.07) is 12.0. The van der Waals surface area contributed by atoms with Gasteiger partial charge in [0.2, 0.25) is 5.91 Å². The highest BCUT2D eigenvalue weighted by atomic mass is 16.6. The van der Waals surface area contributed by atoms with Crippen molar-refractivity contribution in [2.45, 2.75) is 25.3 Å². The molecule has 0 saturated carbocycles. The lowest BCUT2D eigenvalue weighted by atomic mass is 9.93. The van der Waals surface area contributed by atoms with Crippen LogP contribution < -0.4 is 24.8 Å². The van der Waals surface area contributed by atoms with Gasteiger partial charge in [0.25, 0.3) is 5.91 Å². The fourth-order valence-corrected chi connectivity index (χ4v) is 3.71. The summed E-state index contributed by atoms with van der Waals surface area (Å²) in [5, 5.41) is 5.43. The molecule has 4 rings (SSSR count). The zero-order valence-corrected chi connectivity index (χ0v) is 18.0. The third-order valence-corrected chi connectivity index (χ3v) is 5.55. The molecule has 4 amide bonds. The number of imide groups is 1. The molecule has 0 spiro atoms. The second kappa shape index (κ2) is 8.78. The minimum Gasteiger partial charge on any atom is -0.497 e. The van der Waals surface area contributed by atoms with E-state index in [-0.39, 0.29) is 6.54 Å². The van der Waals surface area contributed by atoms with Gasteiger partial charge in [-0.2, -0.15) is 0 Å². The molecule has 2 aliphatic heterocycles. The summed E-state index contributed by atoms with van der Waals surface area (Å²) in [5.41, 5.74) is 0.436. The number of benzene rings is 2. The number of ether oxygens (including phenoxy) is 3. The Bertz CT molecular complexity index is 1040. The SMILES string of the molecule is COc1ccc(CCC2(C)NC(=O)N(CC(=O)Nc3ccc4c(c3)OCCO4)C2=O)cc1. The fraction of sp³-hybridized carbons (Fsp3) is 0.348. The molecule has 0 radical (unpaired) electrons. The van der Waals surface area contributed by atoms with Crippen molar-refractivity contribution in [2.24, 2.45) is 0 Å². The third kappa shape index (κ3) is 4.46. The summed E-state index contributed by atoms with van der Waals surface area (Å²) in [5.74, 6) is 0.990. The number of nitrogens with one attached hydrogen (secondary N) is 2. The van der Waals surface area contributed by atoms with Gasteiger partial charge in [0, 0.05) is 11.8 Å². The summed E-state index contributed by atoms with van der Waals surface area (Å²) >= 11 is 0. The molecule has 2 N–H and O–H groups in total. The van der Waals surface area contributed by atoms with Crippen LogP contribution >= 0.6 is 0 Å². The van der Waals surface area contributed by atoms with Crippen molar-refractivity contribution in [3.8, 4) is 17.2 Å². The Morgan fingerprint density at radius 3 is 2.56 bits per heavy atom. The average molecular weight is 439 g/mol. The van der Waals surface area contributed by atoms with E-state index in [2.05, 4.69) is 10.6 Å². The van der Waals surface area contributed by atoms with E-state index in [1.54, 1.807) is 32.2 Å². The van der Waals surface area contributed by atoms with Gasteiger partial charge < -0.3 is 24.8 Å². The molecular formula is C23H25N3O6. The van der Waals surface area contributed by atoms with Gasteiger partial charge >= 0.3 is 6.03 Å². The van der Waals surface area contributed by atoms with Crippen molar-refractivity contribution in [1.29, 1.82) is 0 Å². The van der Waals surface area contributed by atoms with Crippen LogP contribution in [0.4, 0.5) is 10.5 Å². The van der Waals surface area contributed by atoms with Crippen molar-refractivity contribution in [2.75, 3.05) is 32.2 Å². The second-order valence-corrected chi connectivity index (χ2v) is 7.91. The van der Waals surface area contributed by atoms with Crippen LogP contribution in [0.1, 0.15) is 18.9 Å². The normalized spacial score (nSPS) is 19.5. The van der Waals surface area contributed by atoms with E-state index in [4.69, 9.17) is 14.2 Å². The highest BCUT2D eigenvalue weighted by Crippen LogP contribution is 2.32. The average Bonchev–Trinajstić information content (AvgIpc) is 3.01. The van der Waals surface area contributed by atoms with Crippen LogP contribution in [0.25, 0.3) is 0 Å². The molecule has 1 saturated heterocycles. The second-order valence-electron chi connectivity index (χ2n) is 7.91. The largest absolute Gasteiger partial charge is 0.497 e. The standard InChI is InChI=1S/C23H25N3O6/c1-23(10-9-15-3-6-17(30-2)7-4-15)21(28)26(22(29)25-23)14-20(27)24-16-5-8-18-19(13-16)32-12-11-31-18/h3-8,13H,9-12,14H2,1-2H3,(H,24,27)(H,25,29). The zero-order valence-electron chi connectivity index (χ0n) is 18.0. The van der Waals surface area contributed by atoms with Crippen molar-refractivity contribution in [3.05, 3.63) is 48.0 Å². The van der Waals surface area contributed by atoms with Crippen molar-refractivity contribution in [3.63, 3.8) is 0 Å². The Kier molecular flexibility index (Phi) is 5.89. The van der Waals surface area contributed by atoms with Crippen molar-refractivity contribution in [1.82, 2.24) is 10.2 Å². The molecule has 9 nitrogen and oxygen atoms in total. The monoisotopic (exact) mass is 439 g/mol. The number of anilines is 1. The van der Waals surface area contributed by atoms with E-state index < -0.39 is 23.4 Å². The molecule has 9 heteroatoms. The molecule has 2 aromatic carbocycles. The molecule has 1 fully saturated rings. The van der Waals surface area contributed by atoms with Gasteiger partial charge in [0.05, 0.1) is 7.11 Å². The number of hydrogen-bond donors (Lipinski definition) is 2. The van der Waals surface area contributed by atoms with E-state index in [1.165, 1.54) is 0 Å².